The molecule has 6 nitrogen and oxygen atoms in total. The highest BCUT2D eigenvalue weighted by Crippen LogP contribution is 2.10. The molecule has 1 rings (SSSR count). The predicted molar refractivity (Wildman–Crippen MR) is 64.3 cm³/mol. The van der Waals surface area contributed by atoms with E-state index < -0.39 is 21.3 Å². The van der Waals surface area contributed by atoms with Crippen LogP contribution in [-0.4, -0.2) is 63.1 Å². The molecule has 0 spiro atoms. The van der Waals surface area contributed by atoms with Crippen molar-refractivity contribution >= 4 is 15.8 Å². The minimum absolute atomic E-state index is 0.129. The molecule has 0 aliphatic carbocycles. The number of sulfone groups is 1. The minimum atomic E-state index is -2.93. The van der Waals surface area contributed by atoms with Crippen molar-refractivity contribution in [2.75, 3.05) is 38.2 Å². The van der Waals surface area contributed by atoms with Gasteiger partial charge in [-0.2, -0.15) is 0 Å². The Hall–Kier alpha value is -0.660. The van der Waals surface area contributed by atoms with Crippen LogP contribution in [0.5, 0.6) is 0 Å². The molecule has 1 aliphatic heterocycles. The van der Waals surface area contributed by atoms with Gasteiger partial charge >= 0.3 is 5.97 Å². The summed E-state index contributed by atoms with van der Waals surface area (Å²) >= 11 is 0. The first-order valence-electron chi connectivity index (χ1n) is 5.57. The molecule has 100 valence electrons. The molecule has 0 aromatic carbocycles. The number of esters is 1. The fraction of sp³-hybridized carbons (Fsp3) is 0.900. The Morgan fingerprint density at radius 2 is 2.06 bits per heavy atom. The van der Waals surface area contributed by atoms with E-state index in [4.69, 9.17) is 5.73 Å². The maximum atomic E-state index is 11.4. The third-order valence-electron chi connectivity index (χ3n) is 2.85. The molecule has 7 heteroatoms. The molecule has 1 unspecified atom stereocenters. The zero-order valence-electron chi connectivity index (χ0n) is 10.3. The Balaban J connectivity index is 2.61. The lowest BCUT2D eigenvalue weighted by atomic mass is 10.0. The highest BCUT2D eigenvalue weighted by Gasteiger charge is 2.33. The van der Waals surface area contributed by atoms with Gasteiger partial charge in [0, 0.05) is 13.1 Å². The smallest absolute Gasteiger partial charge is 0.326 e. The summed E-state index contributed by atoms with van der Waals surface area (Å²) in [6.07, 6.45) is 0.583. The normalized spacial score (nSPS) is 24.6. The van der Waals surface area contributed by atoms with Crippen molar-refractivity contribution in [3.8, 4) is 0 Å². The maximum absolute atomic E-state index is 11.4. The molecule has 0 aromatic rings. The second-order valence-electron chi connectivity index (χ2n) is 4.69. The van der Waals surface area contributed by atoms with Gasteiger partial charge in [0.05, 0.1) is 18.6 Å². The van der Waals surface area contributed by atoms with Gasteiger partial charge in [0.2, 0.25) is 0 Å². The van der Waals surface area contributed by atoms with Crippen LogP contribution in [0.4, 0.5) is 0 Å². The summed E-state index contributed by atoms with van der Waals surface area (Å²) in [6.45, 7) is 2.97. The van der Waals surface area contributed by atoms with Crippen molar-refractivity contribution in [2.24, 2.45) is 5.73 Å². The molecule has 2 N–H and O–H groups in total. The van der Waals surface area contributed by atoms with Crippen LogP contribution in [0.25, 0.3) is 0 Å². The fourth-order valence-electron chi connectivity index (χ4n) is 1.91. The molecule has 0 amide bonds. The van der Waals surface area contributed by atoms with E-state index in [1.54, 1.807) is 6.92 Å². The second kappa shape index (κ2) is 5.32. The van der Waals surface area contributed by atoms with E-state index in [1.165, 1.54) is 7.11 Å². The molecular formula is C10H20N2O4S. The van der Waals surface area contributed by atoms with Crippen molar-refractivity contribution in [3.63, 3.8) is 0 Å². The average Bonchev–Trinajstić information content (AvgIpc) is 2.38. The van der Waals surface area contributed by atoms with Gasteiger partial charge in [0.1, 0.15) is 5.54 Å². The lowest BCUT2D eigenvalue weighted by Crippen LogP contribution is -2.54. The monoisotopic (exact) mass is 264 g/mol. The highest BCUT2D eigenvalue weighted by molar-refractivity contribution is 7.91. The van der Waals surface area contributed by atoms with Crippen LogP contribution in [0.3, 0.4) is 0 Å². The Kier molecular flexibility index (Phi) is 4.51. The molecule has 1 saturated heterocycles. The molecule has 1 fully saturated rings. The lowest BCUT2D eigenvalue weighted by Gasteiger charge is -2.29. The molecule has 0 radical (unpaired) electrons. The van der Waals surface area contributed by atoms with Crippen LogP contribution >= 0.6 is 0 Å². The molecule has 0 saturated carbocycles. The van der Waals surface area contributed by atoms with Crippen LogP contribution in [0.2, 0.25) is 0 Å². The molecular weight excluding hydrogens is 244 g/mol. The van der Waals surface area contributed by atoms with Gasteiger partial charge in [-0.3, -0.25) is 9.69 Å². The largest absolute Gasteiger partial charge is 0.468 e. The van der Waals surface area contributed by atoms with Crippen LogP contribution in [0.1, 0.15) is 13.3 Å². The van der Waals surface area contributed by atoms with E-state index in [0.717, 1.165) is 0 Å². The summed E-state index contributed by atoms with van der Waals surface area (Å²) in [5.41, 5.74) is 4.76. The number of ether oxygens (including phenoxy) is 1. The third kappa shape index (κ3) is 4.25. The Bertz CT molecular complexity index is 378. The number of hydrogen-bond acceptors (Lipinski definition) is 6. The Labute approximate surface area is 102 Å². The SMILES string of the molecule is COC(=O)C(C)(N)CN1CCCS(=O)(=O)CC1. The van der Waals surface area contributed by atoms with E-state index in [-0.39, 0.29) is 11.5 Å². The maximum Gasteiger partial charge on any atom is 0.326 e. The van der Waals surface area contributed by atoms with Gasteiger partial charge in [-0.15, -0.1) is 0 Å². The summed E-state index contributed by atoms with van der Waals surface area (Å²) in [5, 5.41) is 0. The first-order chi connectivity index (χ1) is 7.77. The third-order valence-corrected chi connectivity index (χ3v) is 4.57. The quantitative estimate of drug-likeness (QED) is 0.657. The number of carbonyl (C=O) groups is 1. The second-order valence-corrected chi connectivity index (χ2v) is 6.99. The van der Waals surface area contributed by atoms with Crippen molar-refractivity contribution in [2.45, 2.75) is 18.9 Å². The zero-order valence-corrected chi connectivity index (χ0v) is 11.1. The summed E-state index contributed by atoms with van der Waals surface area (Å²) in [6, 6.07) is 0. The molecule has 0 bridgehead atoms. The summed E-state index contributed by atoms with van der Waals surface area (Å²) in [5.74, 6) is -0.141. The molecule has 1 heterocycles. The van der Waals surface area contributed by atoms with Gasteiger partial charge in [-0.1, -0.05) is 0 Å². The fourth-order valence-corrected chi connectivity index (χ4v) is 3.22. The summed E-state index contributed by atoms with van der Waals surface area (Å²) in [7, 11) is -1.64. The van der Waals surface area contributed by atoms with E-state index in [0.29, 0.717) is 26.1 Å². The van der Waals surface area contributed by atoms with Crippen molar-refractivity contribution in [1.29, 1.82) is 0 Å². The topological polar surface area (TPSA) is 89.7 Å². The zero-order chi connectivity index (χ0) is 13.1. The number of hydrogen-bond donors (Lipinski definition) is 1. The van der Waals surface area contributed by atoms with Gasteiger partial charge in [0.25, 0.3) is 0 Å². The van der Waals surface area contributed by atoms with Crippen LogP contribution in [0, 0.1) is 0 Å². The Morgan fingerprint density at radius 3 is 2.65 bits per heavy atom. The van der Waals surface area contributed by atoms with E-state index in [1.807, 2.05) is 4.90 Å². The number of methoxy groups -OCH3 is 1. The standard InChI is InChI=1S/C10H20N2O4S/c1-10(11,9(13)16-2)8-12-4-3-6-17(14,15)7-5-12/h3-8,11H2,1-2H3. The first-order valence-corrected chi connectivity index (χ1v) is 7.39. The van der Waals surface area contributed by atoms with Gasteiger partial charge in [0.15, 0.2) is 9.84 Å². The van der Waals surface area contributed by atoms with Crippen LogP contribution in [-0.2, 0) is 19.4 Å². The van der Waals surface area contributed by atoms with Crippen molar-refractivity contribution in [1.82, 2.24) is 4.90 Å². The number of nitrogens with zero attached hydrogens (tertiary/aromatic N) is 1. The van der Waals surface area contributed by atoms with Crippen LogP contribution in [0.15, 0.2) is 0 Å². The number of rotatable bonds is 3. The Morgan fingerprint density at radius 1 is 1.41 bits per heavy atom. The highest BCUT2D eigenvalue weighted by atomic mass is 32.2. The van der Waals surface area contributed by atoms with Crippen LogP contribution < -0.4 is 5.73 Å². The van der Waals surface area contributed by atoms with E-state index in [2.05, 4.69) is 4.74 Å². The van der Waals surface area contributed by atoms with Gasteiger partial charge < -0.3 is 10.5 Å². The average molecular weight is 264 g/mol. The summed E-state index contributed by atoms with van der Waals surface area (Å²) in [4.78, 5) is 13.3. The van der Waals surface area contributed by atoms with Gasteiger partial charge in [-0.25, -0.2) is 8.42 Å². The number of nitrogens with two attached hydrogens (primary N) is 1. The molecule has 1 atom stereocenters. The van der Waals surface area contributed by atoms with Crippen molar-refractivity contribution < 1.29 is 17.9 Å². The summed E-state index contributed by atoms with van der Waals surface area (Å²) < 4.78 is 27.5. The first kappa shape index (κ1) is 14.4. The number of carbonyl (C=O) groups excluding carboxylic acids is 1. The van der Waals surface area contributed by atoms with Crippen molar-refractivity contribution in [3.05, 3.63) is 0 Å². The minimum Gasteiger partial charge on any atom is -0.468 e. The molecule has 1 aliphatic rings. The molecule has 17 heavy (non-hydrogen) atoms. The van der Waals surface area contributed by atoms with E-state index >= 15 is 0 Å². The van der Waals surface area contributed by atoms with E-state index in [9.17, 15) is 13.2 Å². The predicted octanol–water partition coefficient (Wildman–Crippen LogP) is -1.00. The molecule has 0 aromatic heterocycles. The van der Waals surface area contributed by atoms with Gasteiger partial charge in [-0.05, 0) is 19.9 Å². The lowest BCUT2D eigenvalue weighted by molar-refractivity contribution is -0.147.